The molecule has 1 aromatic rings. The van der Waals surface area contributed by atoms with E-state index in [-0.39, 0.29) is 11.9 Å². The third-order valence-electron chi connectivity index (χ3n) is 3.37. The van der Waals surface area contributed by atoms with E-state index >= 15 is 0 Å². The van der Waals surface area contributed by atoms with Crippen molar-refractivity contribution in [1.29, 1.82) is 0 Å². The van der Waals surface area contributed by atoms with Crippen LogP contribution in [0.5, 0.6) is 0 Å². The summed E-state index contributed by atoms with van der Waals surface area (Å²) in [6.45, 7) is 1.57. The second-order valence-corrected chi connectivity index (χ2v) is 6.06. The van der Waals surface area contributed by atoms with E-state index in [1.165, 1.54) is 11.3 Å². The number of carbonyl (C=O) groups is 2. The van der Waals surface area contributed by atoms with E-state index in [0.29, 0.717) is 6.54 Å². The number of primary amides is 1. The normalized spacial score (nSPS) is 20.3. The maximum Gasteiger partial charge on any atom is 0.328 e. The molecule has 0 aliphatic carbocycles. The van der Waals surface area contributed by atoms with Gasteiger partial charge >= 0.3 is 5.97 Å². The van der Waals surface area contributed by atoms with Crippen LogP contribution in [-0.2, 0) is 16.1 Å². The van der Waals surface area contributed by atoms with E-state index in [9.17, 15) is 9.59 Å². The summed E-state index contributed by atoms with van der Waals surface area (Å²) in [6, 6.07) is 3.69. The molecule has 0 aromatic carbocycles. The van der Waals surface area contributed by atoms with Gasteiger partial charge in [-0.3, -0.25) is 9.69 Å². The predicted octanol–water partition coefficient (Wildman–Crippen LogP) is 1.69. The number of thiophene rings is 1. The molecule has 6 heteroatoms. The molecule has 0 saturated carbocycles. The molecule has 1 aromatic heterocycles. The van der Waals surface area contributed by atoms with Gasteiger partial charge in [-0.05, 0) is 37.6 Å². The largest absolute Gasteiger partial charge is 0.478 e. The fourth-order valence-electron chi connectivity index (χ4n) is 2.43. The first-order valence-electron chi connectivity index (χ1n) is 6.59. The lowest BCUT2D eigenvalue weighted by Crippen LogP contribution is -2.46. The molecule has 2 rings (SSSR count). The summed E-state index contributed by atoms with van der Waals surface area (Å²) in [5.74, 6) is -1.21. The highest BCUT2D eigenvalue weighted by Gasteiger charge is 2.26. The van der Waals surface area contributed by atoms with Crippen LogP contribution in [0.1, 0.15) is 29.0 Å². The topological polar surface area (TPSA) is 83.6 Å². The Labute approximate surface area is 121 Å². The van der Waals surface area contributed by atoms with Gasteiger partial charge in [0.05, 0.1) is 6.04 Å². The number of carboxylic acid groups (broad SMARTS) is 1. The Morgan fingerprint density at radius 2 is 2.25 bits per heavy atom. The van der Waals surface area contributed by atoms with Crippen molar-refractivity contribution in [3.8, 4) is 0 Å². The smallest absolute Gasteiger partial charge is 0.328 e. The number of piperidine rings is 1. The number of aliphatic carboxylic acids is 1. The molecule has 1 amide bonds. The van der Waals surface area contributed by atoms with Gasteiger partial charge in [-0.2, -0.15) is 0 Å². The SMILES string of the molecule is NC(=O)C1CCCCN1Cc1ccc(C=CC(=O)O)s1. The second-order valence-electron chi connectivity index (χ2n) is 4.86. The highest BCUT2D eigenvalue weighted by atomic mass is 32.1. The lowest BCUT2D eigenvalue weighted by Gasteiger charge is -2.33. The van der Waals surface area contributed by atoms with E-state index in [1.54, 1.807) is 6.08 Å². The molecule has 1 fully saturated rings. The molecule has 5 nitrogen and oxygen atoms in total. The monoisotopic (exact) mass is 294 g/mol. The van der Waals surface area contributed by atoms with Crippen LogP contribution >= 0.6 is 11.3 Å². The average Bonchev–Trinajstić information content (AvgIpc) is 2.84. The van der Waals surface area contributed by atoms with Crippen LogP contribution in [0, 0.1) is 0 Å². The molecule has 1 saturated heterocycles. The third kappa shape index (κ3) is 3.91. The van der Waals surface area contributed by atoms with Gasteiger partial charge in [-0.25, -0.2) is 4.79 Å². The molecule has 1 unspecified atom stereocenters. The first kappa shape index (κ1) is 14.7. The van der Waals surface area contributed by atoms with Crippen LogP contribution in [-0.4, -0.2) is 34.5 Å². The Bertz CT molecular complexity index is 524. The fourth-order valence-corrected chi connectivity index (χ4v) is 3.37. The van der Waals surface area contributed by atoms with Crippen LogP contribution in [0.25, 0.3) is 6.08 Å². The summed E-state index contributed by atoms with van der Waals surface area (Å²) in [4.78, 5) is 26.0. The van der Waals surface area contributed by atoms with Crippen molar-refractivity contribution in [2.45, 2.75) is 31.8 Å². The molecule has 1 aliphatic heterocycles. The van der Waals surface area contributed by atoms with E-state index in [0.717, 1.165) is 41.6 Å². The zero-order valence-electron chi connectivity index (χ0n) is 11.1. The standard InChI is InChI=1S/C14H18N2O3S/c15-14(19)12-3-1-2-8-16(12)9-11-5-4-10(20-11)6-7-13(17)18/h4-7,12H,1-3,8-9H2,(H2,15,19)(H,17,18). The molecule has 2 heterocycles. The summed E-state index contributed by atoms with van der Waals surface area (Å²) >= 11 is 1.54. The first-order chi connectivity index (χ1) is 9.56. The molecule has 1 atom stereocenters. The van der Waals surface area contributed by atoms with E-state index in [4.69, 9.17) is 10.8 Å². The minimum atomic E-state index is -0.954. The van der Waals surface area contributed by atoms with Gasteiger partial charge in [-0.1, -0.05) is 6.42 Å². The lowest BCUT2D eigenvalue weighted by atomic mass is 10.0. The average molecular weight is 294 g/mol. The summed E-state index contributed by atoms with van der Waals surface area (Å²) in [6.07, 6.45) is 5.66. The van der Waals surface area contributed by atoms with Crippen LogP contribution in [0.4, 0.5) is 0 Å². The van der Waals surface area contributed by atoms with E-state index < -0.39 is 5.97 Å². The van der Waals surface area contributed by atoms with Crippen LogP contribution in [0.2, 0.25) is 0 Å². The van der Waals surface area contributed by atoms with Gasteiger partial charge in [0, 0.05) is 22.4 Å². The van der Waals surface area contributed by atoms with Crippen molar-refractivity contribution in [3.05, 3.63) is 28.0 Å². The van der Waals surface area contributed by atoms with Crippen molar-refractivity contribution in [2.24, 2.45) is 5.73 Å². The number of nitrogens with zero attached hydrogens (tertiary/aromatic N) is 1. The number of hydrogen-bond donors (Lipinski definition) is 2. The first-order valence-corrected chi connectivity index (χ1v) is 7.41. The Morgan fingerprint density at radius 1 is 1.45 bits per heavy atom. The number of nitrogens with two attached hydrogens (primary N) is 1. The summed E-state index contributed by atoms with van der Waals surface area (Å²) in [5, 5.41) is 8.60. The Balaban J connectivity index is 2.01. The Morgan fingerprint density at radius 3 is 2.95 bits per heavy atom. The highest BCUT2D eigenvalue weighted by molar-refractivity contribution is 7.12. The molecule has 0 radical (unpaired) electrons. The van der Waals surface area contributed by atoms with E-state index in [2.05, 4.69) is 4.90 Å². The Hall–Kier alpha value is -1.66. The van der Waals surface area contributed by atoms with Gasteiger partial charge in [0.25, 0.3) is 0 Å². The quantitative estimate of drug-likeness (QED) is 0.809. The molecular formula is C14H18N2O3S. The van der Waals surface area contributed by atoms with Crippen molar-refractivity contribution in [3.63, 3.8) is 0 Å². The number of hydrogen-bond acceptors (Lipinski definition) is 4. The van der Waals surface area contributed by atoms with Crippen molar-refractivity contribution < 1.29 is 14.7 Å². The Kier molecular flexibility index (Phi) is 4.92. The summed E-state index contributed by atoms with van der Waals surface area (Å²) in [5.41, 5.74) is 5.44. The zero-order chi connectivity index (χ0) is 14.5. The van der Waals surface area contributed by atoms with Gasteiger partial charge in [0.1, 0.15) is 0 Å². The molecule has 0 bridgehead atoms. The van der Waals surface area contributed by atoms with Gasteiger partial charge < -0.3 is 10.8 Å². The van der Waals surface area contributed by atoms with Gasteiger partial charge in [0.2, 0.25) is 5.91 Å². The van der Waals surface area contributed by atoms with E-state index in [1.807, 2.05) is 12.1 Å². The van der Waals surface area contributed by atoms with Gasteiger partial charge in [-0.15, -0.1) is 11.3 Å². The summed E-state index contributed by atoms with van der Waals surface area (Å²) < 4.78 is 0. The molecule has 108 valence electrons. The second kappa shape index (κ2) is 6.67. The minimum Gasteiger partial charge on any atom is -0.478 e. The number of amides is 1. The third-order valence-corrected chi connectivity index (χ3v) is 4.41. The summed E-state index contributed by atoms with van der Waals surface area (Å²) in [7, 11) is 0. The maximum atomic E-state index is 11.4. The lowest BCUT2D eigenvalue weighted by molar-refractivity contribution is -0.131. The van der Waals surface area contributed by atoms with Gasteiger partial charge in [0.15, 0.2) is 0 Å². The van der Waals surface area contributed by atoms with Crippen molar-refractivity contribution in [1.82, 2.24) is 4.90 Å². The van der Waals surface area contributed by atoms with Crippen LogP contribution < -0.4 is 5.73 Å². The highest BCUT2D eigenvalue weighted by Crippen LogP contribution is 2.24. The maximum absolute atomic E-state index is 11.4. The molecule has 1 aliphatic rings. The number of rotatable bonds is 5. The molecule has 3 N–H and O–H groups in total. The van der Waals surface area contributed by atoms with Crippen LogP contribution in [0.3, 0.4) is 0 Å². The molecular weight excluding hydrogens is 276 g/mol. The van der Waals surface area contributed by atoms with Crippen LogP contribution in [0.15, 0.2) is 18.2 Å². The van der Waals surface area contributed by atoms with Crippen molar-refractivity contribution in [2.75, 3.05) is 6.54 Å². The predicted molar refractivity (Wildman–Crippen MR) is 78.2 cm³/mol. The minimum absolute atomic E-state index is 0.177. The molecule has 20 heavy (non-hydrogen) atoms. The fraction of sp³-hybridized carbons (Fsp3) is 0.429. The number of carboxylic acids is 1. The molecule has 0 spiro atoms. The van der Waals surface area contributed by atoms with Crippen molar-refractivity contribution >= 4 is 29.3 Å². The zero-order valence-corrected chi connectivity index (χ0v) is 11.9. The number of carbonyl (C=O) groups excluding carboxylic acids is 1. The number of likely N-dealkylation sites (tertiary alicyclic amines) is 1.